The van der Waals surface area contributed by atoms with Crippen LogP contribution in [0.1, 0.15) is 19.4 Å². The number of carbonyl (C=O) groups excluding carboxylic acids is 2. The van der Waals surface area contributed by atoms with Gasteiger partial charge in [0.1, 0.15) is 11.3 Å². The Bertz CT molecular complexity index is 1170. The first-order valence-electron chi connectivity index (χ1n) is 11.1. The molecule has 4 rings (SSSR count). The van der Waals surface area contributed by atoms with Crippen LogP contribution in [0.15, 0.2) is 59.2 Å². The summed E-state index contributed by atoms with van der Waals surface area (Å²) in [5.41, 5.74) is 4.41. The molecular weight excluding hydrogens is 420 g/mol. The molecule has 0 spiro atoms. The molecule has 1 aliphatic rings. The summed E-state index contributed by atoms with van der Waals surface area (Å²) in [6.07, 6.45) is 3.05. The standard InChI is InChI=1S/C26H28N2O5/c1-4-32-26(30)28-12-10-27(11-13-28)25(29)14-18(2)20-15-21-22(19-8-6-5-7-9-19)17-33-24(21)16-23(20)31-3/h5-9,14-17H,4,10-13H2,1-3H3/b18-14+. The Morgan fingerprint density at radius 3 is 2.42 bits per heavy atom. The highest BCUT2D eigenvalue weighted by atomic mass is 16.6. The Kier molecular flexibility index (Phi) is 6.68. The molecule has 0 radical (unpaired) electrons. The highest BCUT2D eigenvalue weighted by Gasteiger charge is 2.24. The van der Waals surface area contributed by atoms with Crippen LogP contribution in [-0.4, -0.2) is 61.7 Å². The smallest absolute Gasteiger partial charge is 0.409 e. The molecule has 0 N–H and O–H groups in total. The minimum atomic E-state index is -0.330. The third-order valence-electron chi connectivity index (χ3n) is 5.86. The first-order chi connectivity index (χ1) is 16.0. The van der Waals surface area contributed by atoms with Crippen LogP contribution in [-0.2, 0) is 9.53 Å². The molecule has 2 heterocycles. The Balaban J connectivity index is 1.57. The number of benzene rings is 2. The van der Waals surface area contributed by atoms with E-state index in [0.717, 1.165) is 33.2 Å². The number of amides is 2. The lowest BCUT2D eigenvalue weighted by molar-refractivity contribution is -0.127. The third kappa shape index (κ3) is 4.72. The fourth-order valence-corrected chi connectivity index (χ4v) is 4.05. The van der Waals surface area contributed by atoms with Gasteiger partial charge in [0, 0.05) is 54.8 Å². The molecule has 2 aromatic carbocycles. The first-order valence-corrected chi connectivity index (χ1v) is 11.1. The van der Waals surface area contributed by atoms with Gasteiger partial charge >= 0.3 is 6.09 Å². The summed E-state index contributed by atoms with van der Waals surface area (Å²) in [6.45, 7) is 5.88. The zero-order valence-electron chi connectivity index (χ0n) is 19.2. The van der Waals surface area contributed by atoms with Gasteiger partial charge in [-0.1, -0.05) is 30.3 Å². The molecule has 1 aromatic heterocycles. The highest BCUT2D eigenvalue weighted by Crippen LogP contribution is 2.37. The van der Waals surface area contributed by atoms with E-state index in [1.807, 2.05) is 49.4 Å². The summed E-state index contributed by atoms with van der Waals surface area (Å²) >= 11 is 0. The maximum Gasteiger partial charge on any atom is 0.409 e. The number of methoxy groups -OCH3 is 1. The van der Waals surface area contributed by atoms with Gasteiger partial charge in [-0.25, -0.2) is 4.79 Å². The third-order valence-corrected chi connectivity index (χ3v) is 5.86. The van der Waals surface area contributed by atoms with Crippen LogP contribution >= 0.6 is 0 Å². The second-order valence-corrected chi connectivity index (χ2v) is 7.90. The van der Waals surface area contributed by atoms with E-state index in [9.17, 15) is 9.59 Å². The van der Waals surface area contributed by atoms with Crippen LogP contribution < -0.4 is 4.74 Å². The average Bonchev–Trinajstić information content (AvgIpc) is 3.26. The zero-order chi connectivity index (χ0) is 23.4. The van der Waals surface area contributed by atoms with E-state index in [-0.39, 0.29) is 12.0 Å². The van der Waals surface area contributed by atoms with E-state index in [0.29, 0.717) is 38.5 Å². The van der Waals surface area contributed by atoms with Crippen LogP contribution in [0, 0.1) is 0 Å². The summed E-state index contributed by atoms with van der Waals surface area (Å²) in [6, 6.07) is 13.9. The minimum Gasteiger partial charge on any atom is -0.496 e. The number of fused-ring (bicyclic) bond motifs is 1. The van der Waals surface area contributed by atoms with Gasteiger partial charge in [0.05, 0.1) is 20.0 Å². The van der Waals surface area contributed by atoms with Gasteiger partial charge in [-0.05, 0) is 31.1 Å². The average molecular weight is 449 g/mol. The maximum atomic E-state index is 12.9. The number of furan rings is 1. The normalized spacial score (nSPS) is 14.5. The summed E-state index contributed by atoms with van der Waals surface area (Å²) in [5.74, 6) is 0.554. The molecule has 0 aliphatic carbocycles. The minimum absolute atomic E-state index is 0.0892. The van der Waals surface area contributed by atoms with Crippen molar-refractivity contribution in [2.45, 2.75) is 13.8 Å². The molecule has 0 saturated carbocycles. The number of allylic oxidation sites excluding steroid dienone is 1. The number of carbonyl (C=O) groups is 2. The number of hydrogen-bond donors (Lipinski definition) is 0. The van der Waals surface area contributed by atoms with Gasteiger partial charge in [-0.15, -0.1) is 0 Å². The first kappa shape index (κ1) is 22.5. The molecule has 3 aromatic rings. The van der Waals surface area contributed by atoms with E-state index >= 15 is 0 Å². The molecule has 0 unspecified atom stereocenters. The largest absolute Gasteiger partial charge is 0.496 e. The second-order valence-electron chi connectivity index (χ2n) is 7.90. The number of ether oxygens (including phenoxy) is 2. The molecule has 0 bridgehead atoms. The molecule has 7 heteroatoms. The van der Waals surface area contributed by atoms with E-state index in [1.54, 1.807) is 36.2 Å². The van der Waals surface area contributed by atoms with Crippen molar-refractivity contribution >= 4 is 28.5 Å². The fourth-order valence-electron chi connectivity index (χ4n) is 4.05. The lowest BCUT2D eigenvalue weighted by atomic mass is 9.99. The fraction of sp³-hybridized carbons (Fsp3) is 0.308. The Labute approximate surface area is 193 Å². The van der Waals surface area contributed by atoms with E-state index in [1.165, 1.54) is 0 Å². The molecule has 1 fully saturated rings. The number of rotatable bonds is 5. The number of piperazine rings is 1. The molecule has 172 valence electrons. The van der Waals surface area contributed by atoms with Crippen molar-refractivity contribution in [1.29, 1.82) is 0 Å². The predicted octanol–water partition coefficient (Wildman–Crippen LogP) is 4.81. The highest BCUT2D eigenvalue weighted by molar-refractivity contribution is 6.00. The molecule has 1 saturated heterocycles. The van der Waals surface area contributed by atoms with Crippen molar-refractivity contribution in [3.8, 4) is 16.9 Å². The van der Waals surface area contributed by atoms with Gasteiger partial charge in [-0.3, -0.25) is 4.79 Å². The molecule has 7 nitrogen and oxygen atoms in total. The van der Waals surface area contributed by atoms with Crippen LogP contribution in [0.25, 0.3) is 27.7 Å². The molecule has 1 aliphatic heterocycles. The van der Waals surface area contributed by atoms with E-state index in [4.69, 9.17) is 13.9 Å². The van der Waals surface area contributed by atoms with E-state index in [2.05, 4.69) is 0 Å². The molecule has 0 atom stereocenters. The van der Waals surface area contributed by atoms with Crippen molar-refractivity contribution in [2.75, 3.05) is 39.9 Å². The van der Waals surface area contributed by atoms with Crippen molar-refractivity contribution < 1.29 is 23.5 Å². The Morgan fingerprint density at radius 1 is 1.06 bits per heavy atom. The van der Waals surface area contributed by atoms with Gasteiger partial charge in [-0.2, -0.15) is 0 Å². The maximum absolute atomic E-state index is 12.9. The van der Waals surface area contributed by atoms with Gasteiger partial charge in [0.25, 0.3) is 0 Å². The van der Waals surface area contributed by atoms with Gasteiger partial charge in [0.15, 0.2) is 0 Å². The lowest BCUT2D eigenvalue weighted by Crippen LogP contribution is -2.50. The van der Waals surface area contributed by atoms with Gasteiger partial charge in [0.2, 0.25) is 5.91 Å². The quantitative estimate of drug-likeness (QED) is 0.524. The molecular formula is C26H28N2O5. The SMILES string of the molecule is CCOC(=O)N1CCN(C(=O)/C=C(\C)c2cc3c(-c4ccccc4)coc3cc2OC)CC1. The summed E-state index contributed by atoms with van der Waals surface area (Å²) in [7, 11) is 1.61. The summed E-state index contributed by atoms with van der Waals surface area (Å²) in [4.78, 5) is 28.2. The van der Waals surface area contributed by atoms with E-state index < -0.39 is 0 Å². The van der Waals surface area contributed by atoms with Crippen molar-refractivity contribution in [3.63, 3.8) is 0 Å². The Hall–Kier alpha value is -3.74. The monoisotopic (exact) mass is 448 g/mol. The summed E-state index contributed by atoms with van der Waals surface area (Å²) in [5, 5.41) is 0.959. The lowest BCUT2D eigenvalue weighted by Gasteiger charge is -2.33. The number of hydrogen-bond acceptors (Lipinski definition) is 5. The molecule has 2 amide bonds. The molecule has 33 heavy (non-hydrogen) atoms. The topological polar surface area (TPSA) is 72.2 Å². The predicted molar refractivity (Wildman–Crippen MR) is 127 cm³/mol. The van der Waals surface area contributed by atoms with Crippen LogP contribution in [0.2, 0.25) is 0 Å². The Morgan fingerprint density at radius 2 is 1.76 bits per heavy atom. The second kappa shape index (κ2) is 9.81. The van der Waals surface area contributed by atoms with Crippen LogP contribution in [0.4, 0.5) is 4.79 Å². The van der Waals surface area contributed by atoms with Crippen LogP contribution in [0.5, 0.6) is 5.75 Å². The summed E-state index contributed by atoms with van der Waals surface area (Å²) < 4.78 is 16.4. The van der Waals surface area contributed by atoms with Crippen molar-refractivity contribution in [1.82, 2.24) is 9.80 Å². The zero-order valence-corrected chi connectivity index (χ0v) is 19.2. The van der Waals surface area contributed by atoms with Crippen molar-refractivity contribution in [3.05, 3.63) is 60.4 Å². The number of nitrogens with zero attached hydrogens (tertiary/aromatic N) is 2. The van der Waals surface area contributed by atoms with Crippen molar-refractivity contribution in [2.24, 2.45) is 0 Å². The van der Waals surface area contributed by atoms with Crippen LogP contribution in [0.3, 0.4) is 0 Å². The van der Waals surface area contributed by atoms with Gasteiger partial charge < -0.3 is 23.7 Å².